The van der Waals surface area contributed by atoms with Gasteiger partial charge in [0.2, 0.25) is 5.95 Å². The zero-order valence-corrected chi connectivity index (χ0v) is 21.3. The van der Waals surface area contributed by atoms with Gasteiger partial charge in [0.25, 0.3) is 6.43 Å². The molecular weight excluding hydrogens is 553 g/mol. The quantitative estimate of drug-likeness (QED) is 0.300. The highest BCUT2D eigenvalue weighted by Crippen LogP contribution is 2.29. The fourth-order valence-corrected chi connectivity index (χ4v) is 4.19. The Balaban J connectivity index is 1.60. The van der Waals surface area contributed by atoms with Crippen molar-refractivity contribution in [3.05, 3.63) is 91.6 Å². The van der Waals surface area contributed by atoms with Crippen LogP contribution in [0.3, 0.4) is 0 Å². The smallest absolute Gasteiger partial charge is 0.324 e. The van der Waals surface area contributed by atoms with Gasteiger partial charge < -0.3 is 5.32 Å². The lowest BCUT2D eigenvalue weighted by molar-refractivity contribution is 0.122. The van der Waals surface area contributed by atoms with Gasteiger partial charge in [-0.1, -0.05) is 17.7 Å². The van der Waals surface area contributed by atoms with Crippen molar-refractivity contribution in [1.82, 2.24) is 38.7 Å². The third kappa shape index (κ3) is 5.43. The maximum Gasteiger partial charge on any atom is 0.355 e. The molecule has 5 aromatic rings. The lowest BCUT2D eigenvalue weighted by Crippen LogP contribution is -2.43. The molecule has 3 heterocycles. The molecule has 0 radical (unpaired) electrons. The SMILES string of the molecule is Cn1cnc(Cn2c(=O)nc(Nc3cc4cn(CC(F)F)nc4cc3Cl)n(Cc3ccc(F)c(C#N)c3)c2=O)n1. The monoisotopic (exact) mass is 570 g/mol. The van der Waals surface area contributed by atoms with E-state index in [4.69, 9.17) is 11.6 Å². The van der Waals surface area contributed by atoms with Crippen LogP contribution in [0.1, 0.15) is 17.0 Å². The summed E-state index contributed by atoms with van der Waals surface area (Å²) in [6.07, 6.45) is 0.205. The number of alkyl halides is 2. The van der Waals surface area contributed by atoms with Crippen LogP contribution in [0.5, 0.6) is 0 Å². The summed E-state index contributed by atoms with van der Waals surface area (Å²) < 4.78 is 44.0. The molecule has 0 aliphatic rings. The summed E-state index contributed by atoms with van der Waals surface area (Å²) in [4.78, 5) is 34.6. The molecule has 0 aliphatic heterocycles. The van der Waals surface area contributed by atoms with Crippen molar-refractivity contribution >= 4 is 34.1 Å². The largest absolute Gasteiger partial charge is 0.355 e. The second-order valence-electron chi connectivity index (χ2n) is 8.69. The van der Waals surface area contributed by atoms with Crippen LogP contribution in [0.15, 0.2) is 52.4 Å². The van der Waals surface area contributed by atoms with Crippen molar-refractivity contribution in [3.63, 3.8) is 0 Å². The van der Waals surface area contributed by atoms with Gasteiger partial charge in [-0.2, -0.15) is 20.4 Å². The number of hydrogen-bond acceptors (Lipinski definition) is 8. The summed E-state index contributed by atoms with van der Waals surface area (Å²) in [6.45, 7) is -1.08. The molecule has 0 spiro atoms. The molecule has 0 bridgehead atoms. The summed E-state index contributed by atoms with van der Waals surface area (Å²) in [5.74, 6) is -0.739. The Hall–Kier alpha value is -4.97. The Labute approximate surface area is 227 Å². The van der Waals surface area contributed by atoms with Crippen molar-refractivity contribution in [1.29, 1.82) is 5.26 Å². The minimum absolute atomic E-state index is 0.117. The number of benzene rings is 2. The number of hydrogen-bond donors (Lipinski definition) is 1. The van der Waals surface area contributed by atoms with Crippen LogP contribution in [-0.4, -0.2) is 45.1 Å². The van der Waals surface area contributed by atoms with Crippen LogP contribution < -0.4 is 16.7 Å². The first-order chi connectivity index (χ1) is 19.1. The van der Waals surface area contributed by atoms with Gasteiger partial charge in [-0.15, -0.1) is 0 Å². The number of nitrogens with one attached hydrogen (secondary N) is 1. The second kappa shape index (κ2) is 10.7. The first-order valence-corrected chi connectivity index (χ1v) is 12.0. The van der Waals surface area contributed by atoms with Crippen LogP contribution >= 0.6 is 11.6 Å². The van der Waals surface area contributed by atoms with Gasteiger partial charge in [0.05, 0.1) is 34.9 Å². The van der Waals surface area contributed by atoms with E-state index in [0.29, 0.717) is 16.5 Å². The van der Waals surface area contributed by atoms with E-state index >= 15 is 0 Å². The van der Waals surface area contributed by atoms with Crippen molar-refractivity contribution < 1.29 is 13.2 Å². The topological polar surface area (TPSA) is 141 Å². The maximum absolute atomic E-state index is 13.9. The minimum Gasteiger partial charge on any atom is -0.324 e. The van der Waals surface area contributed by atoms with Gasteiger partial charge in [-0.3, -0.25) is 13.9 Å². The molecule has 5 rings (SSSR count). The summed E-state index contributed by atoms with van der Waals surface area (Å²) in [7, 11) is 1.63. The Bertz CT molecular complexity index is 1900. The van der Waals surface area contributed by atoms with E-state index in [1.54, 1.807) is 13.1 Å². The van der Waals surface area contributed by atoms with E-state index in [1.807, 2.05) is 0 Å². The van der Waals surface area contributed by atoms with Gasteiger partial charge in [0.15, 0.2) is 5.82 Å². The zero-order chi connectivity index (χ0) is 28.6. The fraction of sp³-hybridized carbons (Fsp3) is 0.208. The first-order valence-electron chi connectivity index (χ1n) is 11.6. The minimum atomic E-state index is -2.61. The molecule has 0 amide bonds. The van der Waals surface area contributed by atoms with Gasteiger partial charge >= 0.3 is 11.4 Å². The normalized spacial score (nSPS) is 11.3. The zero-order valence-electron chi connectivity index (χ0n) is 20.6. The van der Waals surface area contributed by atoms with Crippen molar-refractivity contribution in [2.24, 2.45) is 7.05 Å². The third-order valence-corrected chi connectivity index (χ3v) is 6.11. The number of aromatic nitrogens is 8. The summed E-state index contributed by atoms with van der Waals surface area (Å²) in [6, 6.07) is 8.45. The molecule has 0 saturated carbocycles. The van der Waals surface area contributed by atoms with E-state index in [0.717, 1.165) is 19.9 Å². The molecule has 2 aromatic carbocycles. The Kier molecular flexibility index (Phi) is 7.09. The van der Waals surface area contributed by atoms with Gasteiger partial charge in [0.1, 0.15) is 24.8 Å². The standard InChI is InChI=1S/C24H18ClF3N10O2/c1-35-12-30-21(34-35)11-38-23(39)32-22(37(24(38)40)8-13-2-3-17(26)14(4-13)7-29)31-19-5-15-9-36(10-20(27)28)33-18(15)6-16(19)25/h2-6,9,12,20H,8,10-11H2,1H3,(H,31,32,39). The maximum atomic E-state index is 13.9. The van der Waals surface area contributed by atoms with E-state index in [1.165, 1.54) is 41.5 Å². The number of anilines is 2. The number of nitrogens with zero attached hydrogens (tertiary/aromatic N) is 9. The van der Waals surface area contributed by atoms with Crippen LogP contribution in [-0.2, 0) is 26.7 Å². The number of aryl methyl sites for hydroxylation is 1. The number of nitriles is 1. The molecule has 16 heteroatoms. The van der Waals surface area contributed by atoms with E-state index < -0.39 is 30.2 Å². The molecule has 0 aliphatic carbocycles. The third-order valence-electron chi connectivity index (χ3n) is 5.80. The number of fused-ring (bicyclic) bond motifs is 1. The molecule has 0 unspecified atom stereocenters. The van der Waals surface area contributed by atoms with Crippen molar-refractivity contribution in [2.75, 3.05) is 5.32 Å². The predicted molar refractivity (Wildman–Crippen MR) is 137 cm³/mol. The number of rotatable bonds is 8. The van der Waals surface area contributed by atoms with E-state index in [2.05, 4.69) is 25.5 Å². The second-order valence-corrected chi connectivity index (χ2v) is 9.10. The summed E-state index contributed by atoms with van der Waals surface area (Å²) in [5, 5.41) is 20.8. The van der Waals surface area contributed by atoms with E-state index in [9.17, 15) is 28.0 Å². The molecule has 0 atom stereocenters. The average Bonchev–Trinajstić information content (AvgIpc) is 3.49. The first kappa shape index (κ1) is 26.6. The lowest BCUT2D eigenvalue weighted by atomic mass is 10.1. The van der Waals surface area contributed by atoms with Crippen LogP contribution in [0.4, 0.5) is 24.8 Å². The van der Waals surface area contributed by atoms with E-state index in [-0.39, 0.29) is 41.1 Å². The average molecular weight is 571 g/mol. The summed E-state index contributed by atoms with van der Waals surface area (Å²) >= 11 is 6.40. The summed E-state index contributed by atoms with van der Waals surface area (Å²) in [5.41, 5.74) is -0.981. The molecular formula is C24H18ClF3N10O2. The number of halogens is 4. The van der Waals surface area contributed by atoms with Gasteiger partial charge in [-0.25, -0.2) is 32.3 Å². The highest BCUT2D eigenvalue weighted by molar-refractivity contribution is 6.34. The lowest BCUT2D eigenvalue weighted by Gasteiger charge is -2.16. The highest BCUT2D eigenvalue weighted by Gasteiger charge is 2.18. The van der Waals surface area contributed by atoms with Crippen LogP contribution in [0, 0.1) is 17.1 Å². The Morgan fingerprint density at radius 3 is 2.62 bits per heavy atom. The van der Waals surface area contributed by atoms with Crippen LogP contribution in [0.25, 0.3) is 10.9 Å². The Morgan fingerprint density at radius 1 is 1.12 bits per heavy atom. The molecule has 1 N–H and O–H groups in total. The predicted octanol–water partition coefficient (Wildman–Crippen LogP) is 2.65. The molecule has 0 saturated heterocycles. The molecule has 12 nitrogen and oxygen atoms in total. The molecule has 40 heavy (non-hydrogen) atoms. The van der Waals surface area contributed by atoms with Crippen molar-refractivity contribution in [2.45, 2.75) is 26.1 Å². The molecule has 3 aromatic heterocycles. The Morgan fingerprint density at radius 2 is 1.93 bits per heavy atom. The van der Waals surface area contributed by atoms with Crippen molar-refractivity contribution in [3.8, 4) is 6.07 Å². The highest BCUT2D eigenvalue weighted by atomic mass is 35.5. The van der Waals surface area contributed by atoms with Gasteiger partial charge in [0, 0.05) is 18.6 Å². The van der Waals surface area contributed by atoms with Gasteiger partial charge in [-0.05, 0) is 29.8 Å². The van der Waals surface area contributed by atoms with Crippen LogP contribution in [0.2, 0.25) is 5.02 Å². The molecule has 204 valence electrons. The fourth-order valence-electron chi connectivity index (χ4n) is 3.99. The molecule has 0 fully saturated rings.